The number of hydrogen-bond donors (Lipinski definition) is 2. The Balaban J connectivity index is 1.92. The molecular weight excluding hydrogens is 244 g/mol. The van der Waals surface area contributed by atoms with E-state index < -0.39 is 6.04 Å². The van der Waals surface area contributed by atoms with Gasteiger partial charge in [0.15, 0.2) is 0 Å². The summed E-state index contributed by atoms with van der Waals surface area (Å²) < 4.78 is 10.5. The molecule has 1 amide bonds. The Morgan fingerprint density at radius 2 is 2.37 bits per heavy atom. The molecule has 1 aliphatic heterocycles. The summed E-state index contributed by atoms with van der Waals surface area (Å²) in [6.45, 7) is 1.49. The number of nitrogens with two attached hydrogens (primary N) is 1. The molecule has 5 nitrogen and oxygen atoms in total. The maximum atomic E-state index is 11.7. The van der Waals surface area contributed by atoms with Crippen molar-refractivity contribution in [2.24, 2.45) is 5.73 Å². The van der Waals surface area contributed by atoms with Crippen LogP contribution in [0.3, 0.4) is 0 Å². The topological polar surface area (TPSA) is 73.6 Å². The van der Waals surface area contributed by atoms with Crippen LogP contribution in [0.1, 0.15) is 17.9 Å². The highest BCUT2D eigenvalue weighted by atomic mass is 16.5. The van der Waals surface area contributed by atoms with Crippen molar-refractivity contribution in [3.8, 4) is 5.75 Å². The molecule has 0 aliphatic carbocycles. The number of ether oxygens (including phenoxy) is 2. The molecule has 0 saturated heterocycles. The molecule has 19 heavy (non-hydrogen) atoms. The summed E-state index contributed by atoms with van der Waals surface area (Å²) in [4.78, 5) is 11.7. The van der Waals surface area contributed by atoms with E-state index in [9.17, 15) is 4.79 Å². The van der Waals surface area contributed by atoms with Gasteiger partial charge in [-0.3, -0.25) is 4.79 Å². The molecule has 0 saturated carbocycles. The fourth-order valence-corrected chi connectivity index (χ4v) is 2.24. The second-order valence-electron chi connectivity index (χ2n) is 4.68. The maximum Gasteiger partial charge on any atom is 0.239 e. The molecule has 1 heterocycles. The lowest BCUT2D eigenvalue weighted by molar-refractivity contribution is -0.123. The first kappa shape index (κ1) is 13.8. The monoisotopic (exact) mass is 264 g/mol. The minimum Gasteiger partial charge on any atom is -0.493 e. The van der Waals surface area contributed by atoms with Crippen LogP contribution in [0.5, 0.6) is 5.75 Å². The van der Waals surface area contributed by atoms with E-state index in [0.29, 0.717) is 13.2 Å². The third-order valence-corrected chi connectivity index (χ3v) is 3.29. The van der Waals surface area contributed by atoms with Crippen LogP contribution < -0.4 is 15.8 Å². The Kier molecular flexibility index (Phi) is 4.76. The lowest BCUT2D eigenvalue weighted by atomic mass is 9.93. The number of hydrogen-bond acceptors (Lipinski definition) is 4. The molecule has 3 N–H and O–H groups in total. The van der Waals surface area contributed by atoms with E-state index in [1.54, 1.807) is 0 Å². The first-order valence-corrected chi connectivity index (χ1v) is 6.46. The Bertz CT molecular complexity index is 436. The minimum atomic E-state index is -0.611. The van der Waals surface area contributed by atoms with Crippen LogP contribution in [0.2, 0.25) is 0 Å². The summed E-state index contributed by atoms with van der Waals surface area (Å²) in [6.07, 6.45) is 0.900. The van der Waals surface area contributed by atoms with Crippen molar-refractivity contribution in [3.63, 3.8) is 0 Å². The zero-order valence-electron chi connectivity index (χ0n) is 11.1. The number of nitrogens with one attached hydrogen (secondary N) is 1. The fourth-order valence-electron chi connectivity index (χ4n) is 2.24. The van der Waals surface area contributed by atoms with Crippen molar-refractivity contribution < 1.29 is 14.3 Å². The second kappa shape index (κ2) is 6.54. The lowest BCUT2D eigenvalue weighted by Gasteiger charge is -2.26. The molecule has 2 atom stereocenters. The molecule has 1 aromatic carbocycles. The molecule has 0 fully saturated rings. The Hall–Kier alpha value is -1.59. The van der Waals surface area contributed by atoms with Gasteiger partial charge in [0.05, 0.1) is 13.2 Å². The molecule has 0 spiro atoms. The van der Waals surface area contributed by atoms with Gasteiger partial charge in [0.2, 0.25) is 5.91 Å². The van der Waals surface area contributed by atoms with Gasteiger partial charge in [0.25, 0.3) is 0 Å². The summed E-state index contributed by atoms with van der Waals surface area (Å²) in [6, 6.07) is 7.33. The number of fused-ring (bicyclic) bond motifs is 1. The van der Waals surface area contributed by atoms with Gasteiger partial charge in [-0.2, -0.15) is 0 Å². The van der Waals surface area contributed by atoms with E-state index in [1.807, 2.05) is 24.3 Å². The number of rotatable bonds is 5. The van der Waals surface area contributed by atoms with E-state index in [2.05, 4.69) is 5.32 Å². The second-order valence-corrected chi connectivity index (χ2v) is 4.68. The van der Waals surface area contributed by atoms with Crippen LogP contribution in [0.25, 0.3) is 0 Å². The summed E-state index contributed by atoms with van der Waals surface area (Å²) in [5, 5.41) is 2.88. The summed E-state index contributed by atoms with van der Waals surface area (Å²) in [7, 11) is 1.53. The van der Waals surface area contributed by atoms with Crippen LogP contribution in [0, 0.1) is 0 Å². The summed E-state index contributed by atoms with van der Waals surface area (Å²) >= 11 is 0. The van der Waals surface area contributed by atoms with Gasteiger partial charge >= 0.3 is 0 Å². The van der Waals surface area contributed by atoms with Crippen molar-refractivity contribution in [2.75, 3.05) is 26.9 Å². The Morgan fingerprint density at radius 1 is 1.58 bits per heavy atom. The van der Waals surface area contributed by atoms with Gasteiger partial charge in [0.1, 0.15) is 11.8 Å². The predicted octanol–water partition coefficient (Wildman–Crippen LogP) is 0.643. The zero-order valence-corrected chi connectivity index (χ0v) is 11.1. The molecule has 0 radical (unpaired) electrons. The molecule has 2 unspecified atom stereocenters. The minimum absolute atomic E-state index is 0.175. The molecule has 104 valence electrons. The molecule has 5 heteroatoms. The van der Waals surface area contributed by atoms with Crippen molar-refractivity contribution in [1.29, 1.82) is 0 Å². The van der Waals surface area contributed by atoms with Crippen LogP contribution >= 0.6 is 0 Å². The van der Waals surface area contributed by atoms with Crippen molar-refractivity contribution in [3.05, 3.63) is 29.8 Å². The van der Waals surface area contributed by atoms with Crippen molar-refractivity contribution in [2.45, 2.75) is 18.4 Å². The van der Waals surface area contributed by atoms with Crippen molar-refractivity contribution >= 4 is 5.91 Å². The van der Waals surface area contributed by atoms with E-state index >= 15 is 0 Å². The maximum absolute atomic E-state index is 11.7. The number of methoxy groups -OCH3 is 1. The highest BCUT2D eigenvalue weighted by Gasteiger charge is 2.22. The highest BCUT2D eigenvalue weighted by molar-refractivity contribution is 5.81. The standard InChI is InChI=1S/C14H20N2O3/c1-18-9-12(15)14(17)16-8-10-6-7-19-13-5-3-2-4-11(10)13/h2-5,10,12H,6-9,15H2,1H3,(H,16,17). The van der Waals surface area contributed by atoms with Gasteiger partial charge in [-0.15, -0.1) is 0 Å². The first-order valence-electron chi connectivity index (χ1n) is 6.46. The first-order chi connectivity index (χ1) is 9.22. The van der Waals surface area contributed by atoms with Gasteiger partial charge < -0.3 is 20.5 Å². The van der Waals surface area contributed by atoms with Crippen LogP contribution in [-0.2, 0) is 9.53 Å². The largest absolute Gasteiger partial charge is 0.493 e. The lowest BCUT2D eigenvalue weighted by Crippen LogP contribution is -2.45. The smallest absolute Gasteiger partial charge is 0.239 e. The Labute approximate surface area is 113 Å². The predicted molar refractivity (Wildman–Crippen MR) is 72.2 cm³/mol. The fraction of sp³-hybridized carbons (Fsp3) is 0.500. The number of amides is 1. The third kappa shape index (κ3) is 3.45. The zero-order chi connectivity index (χ0) is 13.7. The molecular formula is C14H20N2O3. The molecule has 0 bridgehead atoms. The van der Waals surface area contributed by atoms with Crippen LogP contribution in [0.15, 0.2) is 24.3 Å². The number of benzene rings is 1. The average molecular weight is 264 g/mol. The third-order valence-electron chi connectivity index (χ3n) is 3.29. The Morgan fingerprint density at radius 3 is 3.16 bits per heavy atom. The molecule has 2 rings (SSSR count). The van der Waals surface area contributed by atoms with E-state index in [-0.39, 0.29) is 18.4 Å². The molecule has 1 aliphatic rings. The normalized spacial score (nSPS) is 19.2. The quantitative estimate of drug-likeness (QED) is 0.818. The van der Waals surface area contributed by atoms with E-state index in [4.69, 9.17) is 15.2 Å². The number of carbonyl (C=O) groups excluding carboxylic acids is 1. The van der Waals surface area contributed by atoms with Gasteiger partial charge in [0, 0.05) is 19.6 Å². The highest BCUT2D eigenvalue weighted by Crippen LogP contribution is 2.32. The SMILES string of the molecule is COCC(N)C(=O)NCC1CCOc2ccccc21. The summed E-state index contributed by atoms with van der Waals surface area (Å²) in [5.74, 6) is 1.02. The van der Waals surface area contributed by atoms with Gasteiger partial charge in [-0.1, -0.05) is 18.2 Å². The van der Waals surface area contributed by atoms with Gasteiger partial charge in [-0.25, -0.2) is 0 Å². The molecule has 0 aromatic heterocycles. The van der Waals surface area contributed by atoms with Crippen LogP contribution in [0.4, 0.5) is 0 Å². The van der Waals surface area contributed by atoms with Crippen LogP contribution in [-0.4, -0.2) is 38.8 Å². The number of carbonyl (C=O) groups is 1. The number of para-hydroxylation sites is 1. The van der Waals surface area contributed by atoms with Gasteiger partial charge in [-0.05, 0) is 18.1 Å². The summed E-state index contributed by atoms with van der Waals surface area (Å²) in [5.41, 5.74) is 6.82. The average Bonchev–Trinajstić information content (AvgIpc) is 2.45. The molecule has 1 aromatic rings. The van der Waals surface area contributed by atoms with E-state index in [0.717, 1.165) is 17.7 Å². The van der Waals surface area contributed by atoms with Crippen molar-refractivity contribution in [1.82, 2.24) is 5.32 Å². The van der Waals surface area contributed by atoms with E-state index in [1.165, 1.54) is 7.11 Å².